The SMILES string of the molecule is Cc1cc(C)c2nc(NC(=O)COC(=O)CC34CC5CC(CC(C5)C3)C4)sc2c1. The molecule has 1 aromatic heterocycles. The van der Waals surface area contributed by atoms with E-state index in [0.717, 1.165) is 33.5 Å². The van der Waals surface area contributed by atoms with Gasteiger partial charge < -0.3 is 4.74 Å². The summed E-state index contributed by atoms with van der Waals surface area (Å²) in [5.41, 5.74) is 3.33. The number of amides is 1. The zero-order chi connectivity index (χ0) is 20.2. The standard InChI is InChI=1S/C23H28N2O3S/c1-13-3-14(2)21-18(4-13)29-22(25-21)24-19(26)12-28-20(27)11-23-8-15-5-16(9-23)7-17(6-15)10-23/h3-4,15-17H,5-12H2,1-2H3,(H,24,25,26). The molecule has 0 unspecified atom stereocenters. The van der Waals surface area contributed by atoms with E-state index in [4.69, 9.17) is 4.74 Å². The van der Waals surface area contributed by atoms with Gasteiger partial charge in [0.25, 0.3) is 5.91 Å². The fourth-order valence-corrected chi connectivity index (χ4v) is 7.65. The van der Waals surface area contributed by atoms with Crippen LogP contribution in [0.25, 0.3) is 10.2 Å². The molecule has 2 aromatic rings. The minimum atomic E-state index is -0.322. The second-order valence-electron chi connectivity index (χ2n) is 9.75. The molecule has 6 heteroatoms. The average Bonchev–Trinajstić information content (AvgIpc) is 3.01. The van der Waals surface area contributed by atoms with Crippen LogP contribution in [0, 0.1) is 37.0 Å². The summed E-state index contributed by atoms with van der Waals surface area (Å²) in [4.78, 5) is 29.3. The summed E-state index contributed by atoms with van der Waals surface area (Å²) < 4.78 is 6.41. The normalized spacial score (nSPS) is 29.9. The molecule has 4 aliphatic carbocycles. The summed E-state index contributed by atoms with van der Waals surface area (Å²) in [6.07, 6.45) is 8.07. The van der Waals surface area contributed by atoms with Crippen molar-refractivity contribution in [1.82, 2.24) is 4.98 Å². The van der Waals surface area contributed by atoms with Crippen molar-refractivity contribution >= 4 is 38.6 Å². The molecule has 0 aliphatic heterocycles. The monoisotopic (exact) mass is 412 g/mol. The lowest BCUT2D eigenvalue weighted by Gasteiger charge is -2.56. The van der Waals surface area contributed by atoms with Gasteiger partial charge in [0.15, 0.2) is 11.7 Å². The summed E-state index contributed by atoms with van der Waals surface area (Å²) in [5.74, 6) is 1.88. The number of thiazole rings is 1. The Kier molecular flexibility index (Phi) is 4.65. The summed E-state index contributed by atoms with van der Waals surface area (Å²) in [6.45, 7) is 3.83. The number of hydrogen-bond donors (Lipinski definition) is 1. The molecule has 1 aromatic carbocycles. The predicted molar refractivity (Wildman–Crippen MR) is 114 cm³/mol. The number of nitrogens with zero attached hydrogens (tertiary/aromatic N) is 1. The minimum Gasteiger partial charge on any atom is -0.456 e. The maximum atomic E-state index is 12.5. The zero-order valence-electron chi connectivity index (χ0n) is 17.1. The van der Waals surface area contributed by atoms with E-state index in [2.05, 4.69) is 22.4 Å². The molecule has 5 nitrogen and oxygen atoms in total. The van der Waals surface area contributed by atoms with Crippen molar-refractivity contribution in [3.05, 3.63) is 23.3 Å². The van der Waals surface area contributed by atoms with Gasteiger partial charge in [-0.05, 0) is 92.7 Å². The van der Waals surface area contributed by atoms with Crippen LogP contribution in [0.2, 0.25) is 0 Å². The van der Waals surface area contributed by atoms with E-state index in [-0.39, 0.29) is 23.9 Å². The van der Waals surface area contributed by atoms with E-state index in [1.807, 2.05) is 13.8 Å². The summed E-state index contributed by atoms with van der Waals surface area (Å²) in [7, 11) is 0. The second-order valence-corrected chi connectivity index (χ2v) is 10.8. The average molecular weight is 413 g/mol. The number of anilines is 1. The maximum Gasteiger partial charge on any atom is 0.306 e. The number of aryl methyl sites for hydroxylation is 2. The third-order valence-corrected chi connectivity index (χ3v) is 8.04. The Morgan fingerprint density at radius 1 is 1.14 bits per heavy atom. The first kappa shape index (κ1) is 19.0. The minimum absolute atomic E-state index is 0.144. The molecule has 1 heterocycles. The van der Waals surface area contributed by atoms with Gasteiger partial charge in [0, 0.05) is 0 Å². The van der Waals surface area contributed by atoms with Crippen LogP contribution in [0.15, 0.2) is 12.1 Å². The summed E-state index contributed by atoms with van der Waals surface area (Å²) in [5, 5.41) is 3.34. The Balaban J connectivity index is 1.16. The van der Waals surface area contributed by atoms with Gasteiger partial charge in [-0.15, -0.1) is 0 Å². The van der Waals surface area contributed by atoms with Gasteiger partial charge in [0.2, 0.25) is 0 Å². The molecule has 6 rings (SSSR count). The predicted octanol–water partition coefficient (Wildman–Crippen LogP) is 5.00. The van der Waals surface area contributed by atoms with Crippen LogP contribution in [0.1, 0.15) is 56.1 Å². The molecular formula is C23H28N2O3S. The molecule has 0 spiro atoms. The Labute approximate surface area is 175 Å². The van der Waals surface area contributed by atoms with Gasteiger partial charge in [-0.3, -0.25) is 14.9 Å². The highest BCUT2D eigenvalue weighted by molar-refractivity contribution is 7.22. The molecule has 4 saturated carbocycles. The van der Waals surface area contributed by atoms with Crippen LogP contribution in [-0.4, -0.2) is 23.5 Å². The number of aromatic nitrogens is 1. The van der Waals surface area contributed by atoms with Gasteiger partial charge >= 0.3 is 5.97 Å². The first-order valence-corrected chi connectivity index (χ1v) is 11.5. The number of ether oxygens (including phenoxy) is 1. The fraction of sp³-hybridized carbons (Fsp3) is 0.609. The third-order valence-electron chi connectivity index (χ3n) is 7.12. The summed E-state index contributed by atoms with van der Waals surface area (Å²) in [6, 6.07) is 4.15. The van der Waals surface area contributed by atoms with E-state index < -0.39 is 0 Å². The topological polar surface area (TPSA) is 68.3 Å². The van der Waals surface area contributed by atoms with Crippen molar-refractivity contribution in [2.45, 2.75) is 58.8 Å². The van der Waals surface area contributed by atoms with Crippen molar-refractivity contribution in [1.29, 1.82) is 0 Å². The van der Waals surface area contributed by atoms with E-state index in [9.17, 15) is 9.59 Å². The highest BCUT2D eigenvalue weighted by atomic mass is 32.1. The van der Waals surface area contributed by atoms with Crippen molar-refractivity contribution < 1.29 is 14.3 Å². The second kappa shape index (κ2) is 7.08. The van der Waals surface area contributed by atoms with Crippen LogP contribution >= 0.6 is 11.3 Å². The lowest BCUT2D eigenvalue weighted by atomic mass is 9.49. The summed E-state index contributed by atoms with van der Waals surface area (Å²) >= 11 is 1.45. The van der Waals surface area contributed by atoms with Crippen LogP contribution in [-0.2, 0) is 14.3 Å². The highest BCUT2D eigenvalue weighted by Crippen LogP contribution is 2.61. The largest absolute Gasteiger partial charge is 0.456 e. The zero-order valence-corrected chi connectivity index (χ0v) is 17.9. The van der Waals surface area contributed by atoms with Gasteiger partial charge in [0.1, 0.15) is 0 Å². The van der Waals surface area contributed by atoms with Crippen LogP contribution < -0.4 is 5.32 Å². The van der Waals surface area contributed by atoms with Crippen molar-refractivity contribution in [2.75, 3.05) is 11.9 Å². The van der Waals surface area contributed by atoms with Gasteiger partial charge in [-0.1, -0.05) is 17.4 Å². The molecular weight excluding hydrogens is 384 g/mol. The third kappa shape index (κ3) is 3.79. The molecule has 4 bridgehead atoms. The Morgan fingerprint density at radius 3 is 2.45 bits per heavy atom. The van der Waals surface area contributed by atoms with E-state index in [0.29, 0.717) is 11.6 Å². The van der Waals surface area contributed by atoms with E-state index >= 15 is 0 Å². The molecule has 4 aliphatic rings. The molecule has 1 amide bonds. The number of benzene rings is 1. The number of esters is 1. The number of carbonyl (C=O) groups is 2. The number of fused-ring (bicyclic) bond motifs is 1. The van der Waals surface area contributed by atoms with Gasteiger partial charge in [0.05, 0.1) is 16.6 Å². The lowest BCUT2D eigenvalue weighted by molar-refractivity contribution is -0.154. The number of hydrogen-bond acceptors (Lipinski definition) is 5. The molecule has 0 radical (unpaired) electrons. The van der Waals surface area contributed by atoms with Gasteiger partial charge in [-0.25, -0.2) is 4.98 Å². The molecule has 4 fully saturated rings. The van der Waals surface area contributed by atoms with Gasteiger partial charge in [-0.2, -0.15) is 0 Å². The van der Waals surface area contributed by atoms with E-state index in [1.54, 1.807) is 0 Å². The highest BCUT2D eigenvalue weighted by Gasteiger charge is 2.51. The smallest absolute Gasteiger partial charge is 0.306 e. The molecule has 154 valence electrons. The number of rotatable bonds is 5. The molecule has 1 N–H and O–H groups in total. The first-order chi connectivity index (χ1) is 13.9. The number of nitrogens with one attached hydrogen (secondary N) is 1. The van der Waals surface area contributed by atoms with Crippen LogP contribution in [0.4, 0.5) is 5.13 Å². The first-order valence-electron chi connectivity index (χ1n) is 10.7. The Morgan fingerprint density at radius 2 is 1.79 bits per heavy atom. The van der Waals surface area contributed by atoms with Crippen molar-refractivity contribution in [2.24, 2.45) is 23.2 Å². The fourth-order valence-electron chi connectivity index (χ4n) is 6.59. The number of carbonyl (C=O) groups excluding carboxylic acids is 2. The molecule has 0 saturated heterocycles. The lowest BCUT2D eigenvalue weighted by Crippen LogP contribution is -2.47. The quantitative estimate of drug-likeness (QED) is 0.702. The molecule has 0 atom stereocenters. The van der Waals surface area contributed by atoms with E-state index in [1.165, 1.54) is 55.4 Å². The van der Waals surface area contributed by atoms with Crippen molar-refractivity contribution in [3.8, 4) is 0 Å². The van der Waals surface area contributed by atoms with Crippen molar-refractivity contribution in [3.63, 3.8) is 0 Å². The molecule has 29 heavy (non-hydrogen) atoms. The Hall–Kier alpha value is -1.95. The van der Waals surface area contributed by atoms with Crippen LogP contribution in [0.5, 0.6) is 0 Å². The van der Waals surface area contributed by atoms with Crippen LogP contribution in [0.3, 0.4) is 0 Å². The maximum absolute atomic E-state index is 12.5. The Bertz CT molecular complexity index is 945.